The van der Waals surface area contributed by atoms with E-state index in [2.05, 4.69) is 5.32 Å². The zero-order valence-electron chi connectivity index (χ0n) is 12.9. The average Bonchev–Trinajstić information content (AvgIpc) is 3.13. The summed E-state index contributed by atoms with van der Waals surface area (Å²) in [7, 11) is 0. The van der Waals surface area contributed by atoms with Crippen molar-refractivity contribution in [2.45, 2.75) is 44.6 Å². The first-order valence-electron chi connectivity index (χ1n) is 7.89. The Hall–Kier alpha value is -1.88. The Bertz CT molecular complexity index is 606. The predicted molar refractivity (Wildman–Crippen MR) is 83.9 cm³/mol. The number of amides is 2. The maximum Gasteiger partial charge on any atom is 0.251 e. The number of hydrogen-bond acceptors (Lipinski definition) is 3. The van der Waals surface area contributed by atoms with Gasteiger partial charge in [0.25, 0.3) is 5.91 Å². The number of nitrogens with zero attached hydrogens (tertiary/aromatic N) is 1. The number of aliphatic hydroxyl groups excluding tert-OH is 1. The first-order chi connectivity index (χ1) is 10.5. The summed E-state index contributed by atoms with van der Waals surface area (Å²) in [5.74, 6) is -0.110. The van der Waals surface area contributed by atoms with Gasteiger partial charge in [0.1, 0.15) is 0 Å². The van der Waals surface area contributed by atoms with E-state index >= 15 is 0 Å². The van der Waals surface area contributed by atoms with Gasteiger partial charge in [-0.05, 0) is 43.0 Å². The van der Waals surface area contributed by atoms with Crippen LogP contribution in [-0.2, 0) is 11.2 Å². The van der Waals surface area contributed by atoms with Crippen molar-refractivity contribution in [3.05, 3.63) is 29.3 Å². The molecule has 3 rings (SSSR count). The van der Waals surface area contributed by atoms with Crippen LogP contribution in [0.2, 0.25) is 0 Å². The molecular formula is C17H22N2O3. The van der Waals surface area contributed by atoms with Gasteiger partial charge in [0.05, 0.1) is 12.1 Å². The Balaban J connectivity index is 1.79. The van der Waals surface area contributed by atoms with Crippen molar-refractivity contribution in [3.63, 3.8) is 0 Å². The quantitative estimate of drug-likeness (QED) is 0.891. The molecule has 0 unspecified atom stereocenters. The molecule has 2 amide bonds. The van der Waals surface area contributed by atoms with Crippen LogP contribution >= 0.6 is 0 Å². The van der Waals surface area contributed by atoms with E-state index in [0.717, 1.165) is 43.4 Å². The summed E-state index contributed by atoms with van der Waals surface area (Å²) in [6.07, 6.45) is 4.52. The van der Waals surface area contributed by atoms with Crippen LogP contribution in [0, 0.1) is 0 Å². The van der Waals surface area contributed by atoms with Gasteiger partial charge in [-0.2, -0.15) is 0 Å². The highest BCUT2D eigenvalue weighted by Gasteiger charge is 2.35. The highest BCUT2D eigenvalue weighted by Crippen LogP contribution is 2.31. The number of anilines is 1. The summed E-state index contributed by atoms with van der Waals surface area (Å²) >= 11 is 0. The average molecular weight is 302 g/mol. The number of rotatable bonds is 3. The summed E-state index contributed by atoms with van der Waals surface area (Å²) in [5.41, 5.74) is 2.08. The fourth-order valence-electron chi connectivity index (χ4n) is 3.56. The Morgan fingerprint density at radius 3 is 2.68 bits per heavy atom. The van der Waals surface area contributed by atoms with E-state index in [1.165, 1.54) is 0 Å². The summed E-state index contributed by atoms with van der Waals surface area (Å²) in [4.78, 5) is 25.8. The summed E-state index contributed by atoms with van der Waals surface area (Å²) < 4.78 is 0. The summed E-state index contributed by atoms with van der Waals surface area (Å²) in [6.45, 7) is 2.22. The molecule has 1 aliphatic heterocycles. The number of carbonyl (C=O) groups is 2. The summed E-state index contributed by atoms with van der Waals surface area (Å²) in [6, 6.07) is 5.47. The monoisotopic (exact) mass is 302 g/mol. The minimum atomic E-state index is -0.457. The molecule has 0 spiro atoms. The third kappa shape index (κ3) is 2.61. The minimum Gasteiger partial charge on any atom is -0.394 e. The van der Waals surface area contributed by atoms with E-state index in [0.29, 0.717) is 12.1 Å². The molecule has 118 valence electrons. The van der Waals surface area contributed by atoms with Crippen LogP contribution in [0.5, 0.6) is 0 Å². The largest absolute Gasteiger partial charge is 0.394 e. The Morgan fingerprint density at radius 2 is 2.05 bits per heavy atom. The molecule has 5 heteroatoms. The molecule has 1 aromatic rings. The van der Waals surface area contributed by atoms with E-state index < -0.39 is 5.54 Å². The van der Waals surface area contributed by atoms with Crippen molar-refractivity contribution in [1.82, 2.24) is 5.32 Å². The first kappa shape index (κ1) is 15.0. The fraction of sp³-hybridized carbons (Fsp3) is 0.529. The number of carbonyl (C=O) groups excluding carboxylic acids is 2. The van der Waals surface area contributed by atoms with Gasteiger partial charge in [0, 0.05) is 24.7 Å². The molecule has 0 aromatic heterocycles. The minimum absolute atomic E-state index is 0.0121. The van der Waals surface area contributed by atoms with Crippen molar-refractivity contribution in [3.8, 4) is 0 Å². The Kier molecular flexibility index (Phi) is 3.91. The molecule has 1 fully saturated rings. The second-order valence-corrected chi connectivity index (χ2v) is 6.36. The van der Waals surface area contributed by atoms with Gasteiger partial charge < -0.3 is 15.3 Å². The molecule has 22 heavy (non-hydrogen) atoms. The fourth-order valence-corrected chi connectivity index (χ4v) is 3.56. The Morgan fingerprint density at radius 1 is 1.32 bits per heavy atom. The third-order valence-corrected chi connectivity index (χ3v) is 4.86. The first-order valence-corrected chi connectivity index (χ1v) is 7.89. The maximum atomic E-state index is 12.5. The molecule has 1 aromatic carbocycles. The number of aliphatic hydroxyl groups is 1. The van der Waals surface area contributed by atoms with Crippen molar-refractivity contribution in [2.75, 3.05) is 18.1 Å². The third-order valence-electron chi connectivity index (χ3n) is 4.86. The normalized spacial score (nSPS) is 19.1. The topological polar surface area (TPSA) is 69.6 Å². The van der Waals surface area contributed by atoms with Crippen LogP contribution in [0.15, 0.2) is 18.2 Å². The van der Waals surface area contributed by atoms with Crippen molar-refractivity contribution in [1.29, 1.82) is 0 Å². The van der Waals surface area contributed by atoms with Crippen molar-refractivity contribution < 1.29 is 14.7 Å². The van der Waals surface area contributed by atoms with Crippen LogP contribution in [0.4, 0.5) is 5.69 Å². The summed E-state index contributed by atoms with van der Waals surface area (Å²) in [5, 5.41) is 12.6. The van der Waals surface area contributed by atoms with E-state index in [-0.39, 0.29) is 18.4 Å². The van der Waals surface area contributed by atoms with Gasteiger partial charge in [-0.3, -0.25) is 9.59 Å². The highest BCUT2D eigenvalue weighted by atomic mass is 16.3. The number of nitrogens with one attached hydrogen (secondary N) is 1. The van der Waals surface area contributed by atoms with Crippen LogP contribution in [-0.4, -0.2) is 35.6 Å². The van der Waals surface area contributed by atoms with E-state index in [1.807, 2.05) is 12.1 Å². The highest BCUT2D eigenvalue weighted by molar-refractivity contribution is 5.98. The molecule has 2 N–H and O–H groups in total. The molecule has 0 bridgehead atoms. The molecule has 0 radical (unpaired) electrons. The van der Waals surface area contributed by atoms with Crippen LogP contribution in [0.3, 0.4) is 0 Å². The van der Waals surface area contributed by atoms with E-state index in [9.17, 15) is 14.7 Å². The van der Waals surface area contributed by atoms with E-state index in [1.54, 1.807) is 17.9 Å². The SMILES string of the molecule is CC(=O)N1CCc2cc(C(=O)NC3(CO)CCCC3)ccc21. The van der Waals surface area contributed by atoms with Crippen molar-refractivity contribution >= 4 is 17.5 Å². The van der Waals surface area contributed by atoms with Gasteiger partial charge in [-0.25, -0.2) is 0 Å². The lowest BCUT2D eigenvalue weighted by atomic mass is 9.98. The number of benzene rings is 1. The van der Waals surface area contributed by atoms with E-state index in [4.69, 9.17) is 0 Å². The maximum absolute atomic E-state index is 12.5. The van der Waals surface area contributed by atoms with Gasteiger partial charge in [0.2, 0.25) is 5.91 Å². The van der Waals surface area contributed by atoms with Gasteiger partial charge >= 0.3 is 0 Å². The molecule has 1 aliphatic carbocycles. The smallest absolute Gasteiger partial charge is 0.251 e. The zero-order valence-corrected chi connectivity index (χ0v) is 12.9. The predicted octanol–water partition coefficient (Wildman–Crippen LogP) is 1.63. The number of fused-ring (bicyclic) bond motifs is 1. The lowest BCUT2D eigenvalue weighted by Crippen LogP contribution is -2.49. The van der Waals surface area contributed by atoms with Gasteiger partial charge in [-0.15, -0.1) is 0 Å². The van der Waals surface area contributed by atoms with Gasteiger partial charge in [0.15, 0.2) is 0 Å². The number of hydrogen-bond donors (Lipinski definition) is 2. The Labute approximate surface area is 130 Å². The molecule has 2 aliphatic rings. The van der Waals surface area contributed by atoms with Gasteiger partial charge in [-0.1, -0.05) is 12.8 Å². The molecule has 1 saturated carbocycles. The standard InChI is InChI=1S/C17H22N2O3/c1-12(21)19-9-6-13-10-14(4-5-15(13)19)16(22)18-17(11-20)7-2-3-8-17/h4-5,10,20H,2-3,6-9,11H2,1H3,(H,18,22). The van der Waals surface area contributed by atoms with Crippen molar-refractivity contribution in [2.24, 2.45) is 0 Å². The molecular weight excluding hydrogens is 280 g/mol. The zero-order chi connectivity index (χ0) is 15.7. The lowest BCUT2D eigenvalue weighted by molar-refractivity contribution is -0.116. The molecule has 1 heterocycles. The lowest BCUT2D eigenvalue weighted by Gasteiger charge is -2.28. The second-order valence-electron chi connectivity index (χ2n) is 6.36. The second kappa shape index (κ2) is 5.72. The molecule has 5 nitrogen and oxygen atoms in total. The van der Waals surface area contributed by atoms with Crippen LogP contribution in [0.1, 0.15) is 48.5 Å². The van der Waals surface area contributed by atoms with Crippen LogP contribution in [0.25, 0.3) is 0 Å². The molecule has 0 atom stereocenters. The molecule has 0 saturated heterocycles. The van der Waals surface area contributed by atoms with Crippen LogP contribution < -0.4 is 10.2 Å².